The van der Waals surface area contributed by atoms with Crippen molar-refractivity contribution < 1.29 is 4.79 Å². The number of allylic oxidation sites excluding steroid dienone is 1. The van der Waals surface area contributed by atoms with E-state index in [0.29, 0.717) is 6.04 Å². The van der Waals surface area contributed by atoms with Crippen LogP contribution in [-0.2, 0) is 4.79 Å². The van der Waals surface area contributed by atoms with Crippen LogP contribution in [0.25, 0.3) is 0 Å². The molecule has 1 atom stereocenters. The maximum absolute atomic E-state index is 10.7. The van der Waals surface area contributed by atoms with Crippen molar-refractivity contribution in [3.8, 4) is 0 Å². The molecule has 2 rings (SSSR count). The van der Waals surface area contributed by atoms with E-state index in [1.54, 1.807) is 11.3 Å². The highest BCUT2D eigenvalue weighted by Gasteiger charge is 2.35. The van der Waals surface area contributed by atoms with Crippen LogP contribution in [0.5, 0.6) is 0 Å². The van der Waals surface area contributed by atoms with Crippen LogP contribution in [0.4, 0.5) is 0 Å². The molecule has 0 aromatic rings. The van der Waals surface area contributed by atoms with E-state index < -0.39 is 0 Å². The van der Waals surface area contributed by atoms with Crippen LogP contribution < -0.4 is 0 Å². The molecule has 0 aliphatic carbocycles. The van der Waals surface area contributed by atoms with Crippen molar-refractivity contribution >= 4 is 5.91 Å². The third-order valence-electron chi connectivity index (χ3n) is 1.84. The van der Waals surface area contributed by atoms with Crippen molar-refractivity contribution in [2.24, 2.45) is 0 Å². The number of fused-ring (bicyclic) bond motifs is 1. The smallest absolute Gasteiger partial charge is 0.232 e. The summed E-state index contributed by atoms with van der Waals surface area (Å²) in [5.74, 6) is 0.163. The van der Waals surface area contributed by atoms with Crippen molar-refractivity contribution in [2.45, 2.75) is 18.9 Å². The van der Waals surface area contributed by atoms with Gasteiger partial charge in [0.1, 0.15) is 0 Å². The van der Waals surface area contributed by atoms with Gasteiger partial charge in [-0.3, -0.25) is 4.79 Å². The predicted molar refractivity (Wildman–Crippen MR) is 33.3 cm³/mol. The lowest BCUT2D eigenvalue weighted by Crippen LogP contribution is -2.50. The van der Waals surface area contributed by atoms with Crippen LogP contribution in [0, 0.1) is 6.42 Å². The van der Waals surface area contributed by atoms with Gasteiger partial charge >= 0.3 is 0 Å². The lowest BCUT2D eigenvalue weighted by Gasteiger charge is -2.39. The summed E-state index contributed by atoms with van der Waals surface area (Å²) in [5.41, 5.74) is 0. The summed E-state index contributed by atoms with van der Waals surface area (Å²) in [6.45, 7) is 0. The summed E-state index contributed by atoms with van der Waals surface area (Å²) < 4.78 is 0. The normalized spacial score (nSPS) is 31.8. The van der Waals surface area contributed by atoms with Gasteiger partial charge in [0.15, 0.2) is 0 Å². The van der Waals surface area contributed by atoms with Crippen LogP contribution in [-0.4, -0.2) is 16.8 Å². The van der Waals surface area contributed by atoms with Crippen molar-refractivity contribution in [3.63, 3.8) is 0 Å². The van der Waals surface area contributed by atoms with Crippen LogP contribution in [0.15, 0.2) is 12.3 Å². The molecule has 0 aromatic carbocycles. The van der Waals surface area contributed by atoms with Crippen LogP contribution >= 0.6 is 0 Å². The largest absolute Gasteiger partial charge is 0.315 e. The number of β-lactam (4-membered cyclic amide) rings is 1. The average Bonchev–Trinajstić information content (AvgIpc) is 1.86. The average molecular weight is 122 g/mol. The summed E-state index contributed by atoms with van der Waals surface area (Å²) in [4.78, 5) is 12.5. The minimum Gasteiger partial charge on any atom is -0.315 e. The molecule has 2 aliphatic rings. The maximum Gasteiger partial charge on any atom is 0.232 e. The Labute approximate surface area is 54.1 Å². The molecule has 1 fully saturated rings. The highest BCUT2D eigenvalue weighted by Crippen LogP contribution is 2.26. The molecular weight excluding hydrogens is 114 g/mol. The first-order chi connectivity index (χ1) is 4.38. The molecule has 2 heteroatoms. The van der Waals surface area contributed by atoms with E-state index in [1.807, 2.05) is 12.3 Å². The summed E-state index contributed by atoms with van der Waals surface area (Å²) >= 11 is 0. The Morgan fingerprint density at radius 3 is 3.11 bits per heavy atom. The number of hydrogen-bond donors (Lipinski definition) is 0. The third kappa shape index (κ3) is 0.590. The molecule has 1 saturated heterocycles. The van der Waals surface area contributed by atoms with Crippen molar-refractivity contribution in [2.75, 3.05) is 0 Å². The first-order valence-corrected chi connectivity index (χ1v) is 3.22. The highest BCUT2D eigenvalue weighted by molar-refractivity contribution is 5.93. The summed E-state index contributed by atoms with van der Waals surface area (Å²) in [7, 11) is 0. The second-order valence-corrected chi connectivity index (χ2v) is 2.44. The lowest BCUT2D eigenvalue weighted by molar-refractivity contribution is -0.134. The van der Waals surface area contributed by atoms with E-state index in [-0.39, 0.29) is 5.91 Å². The molecule has 47 valence electrons. The van der Waals surface area contributed by atoms with E-state index in [2.05, 4.69) is 0 Å². The number of nitrogens with zero attached hydrogens (tertiary/aromatic N) is 1. The molecule has 2 aliphatic heterocycles. The van der Waals surface area contributed by atoms with Crippen molar-refractivity contribution in [1.29, 1.82) is 0 Å². The fourth-order valence-electron chi connectivity index (χ4n) is 1.27. The molecule has 0 aromatic heterocycles. The zero-order chi connectivity index (χ0) is 6.27. The maximum atomic E-state index is 10.7. The van der Waals surface area contributed by atoms with E-state index in [4.69, 9.17) is 0 Å². The van der Waals surface area contributed by atoms with Gasteiger partial charge in [-0.1, -0.05) is 6.08 Å². The minimum absolute atomic E-state index is 0.163. The fraction of sp³-hybridized carbons (Fsp3) is 0.429. The van der Waals surface area contributed by atoms with Gasteiger partial charge in [0.25, 0.3) is 0 Å². The zero-order valence-electron chi connectivity index (χ0n) is 5.08. The van der Waals surface area contributed by atoms with Gasteiger partial charge in [0.2, 0.25) is 5.91 Å². The first-order valence-electron chi connectivity index (χ1n) is 3.22. The molecular formula is C7H8NO. The number of amides is 1. The van der Waals surface area contributed by atoms with Gasteiger partial charge < -0.3 is 4.90 Å². The fourth-order valence-corrected chi connectivity index (χ4v) is 1.27. The van der Waals surface area contributed by atoms with Crippen LogP contribution in [0.1, 0.15) is 12.8 Å². The minimum atomic E-state index is 0.163. The van der Waals surface area contributed by atoms with Crippen LogP contribution in [0.3, 0.4) is 0 Å². The van der Waals surface area contributed by atoms with E-state index in [0.717, 1.165) is 12.8 Å². The molecule has 0 bridgehead atoms. The van der Waals surface area contributed by atoms with Gasteiger partial charge in [-0.2, -0.15) is 0 Å². The Kier molecular flexibility index (Phi) is 0.891. The van der Waals surface area contributed by atoms with E-state index in [1.165, 1.54) is 0 Å². The Bertz CT molecular complexity index is 174. The van der Waals surface area contributed by atoms with Crippen LogP contribution in [0.2, 0.25) is 0 Å². The van der Waals surface area contributed by atoms with Gasteiger partial charge in [0, 0.05) is 12.2 Å². The molecule has 2 nitrogen and oxygen atoms in total. The Morgan fingerprint density at radius 1 is 1.67 bits per heavy atom. The molecule has 1 amide bonds. The first kappa shape index (κ1) is 5.03. The molecule has 1 radical (unpaired) electrons. The van der Waals surface area contributed by atoms with Gasteiger partial charge in [-0.25, -0.2) is 0 Å². The molecule has 2 heterocycles. The standard InChI is InChI=1S/C7H8NO/c9-7-5-6-3-1-2-4-8(6)7/h2,4-6H,1,3H2. The second kappa shape index (κ2) is 1.59. The Balaban J connectivity index is 2.16. The molecule has 0 N–H and O–H groups in total. The topological polar surface area (TPSA) is 20.3 Å². The van der Waals surface area contributed by atoms with Gasteiger partial charge in [-0.05, 0) is 12.8 Å². The van der Waals surface area contributed by atoms with E-state index >= 15 is 0 Å². The number of carbonyl (C=O) groups is 1. The van der Waals surface area contributed by atoms with Gasteiger partial charge in [0.05, 0.1) is 6.42 Å². The number of hydrogen-bond acceptors (Lipinski definition) is 1. The number of carbonyl (C=O) groups excluding carboxylic acids is 1. The molecule has 0 saturated carbocycles. The number of rotatable bonds is 0. The second-order valence-electron chi connectivity index (χ2n) is 2.44. The SMILES string of the molecule is O=C1[CH]C2CCC=CN12. The Morgan fingerprint density at radius 2 is 2.56 bits per heavy atom. The van der Waals surface area contributed by atoms with Gasteiger partial charge in [-0.15, -0.1) is 0 Å². The molecule has 1 unspecified atom stereocenters. The third-order valence-corrected chi connectivity index (χ3v) is 1.84. The van der Waals surface area contributed by atoms with Crippen molar-refractivity contribution in [1.82, 2.24) is 4.90 Å². The predicted octanol–water partition coefficient (Wildman–Crippen LogP) is 0.709. The zero-order valence-corrected chi connectivity index (χ0v) is 5.08. The quantitative estimate of drug-likeness (QED) is 0.433. The monoisotopic (exact) mass is 122 g/mol. The summed E-state index contributed by atoms with van der Waals surface area (Å²) in [5, 5.41) is 0. The summed E-state index contributed by atoms with van der Waals surface area (Å²) in [6, 6.07) is 0.433. The van der Waals surface area contributed by atoms with E-state index in [9.17, 15) is 4.79 Å². The Hall–Kier alpha value is -0.790. The molecule has 9 heavy (non-hydrogen) atoms. The highest BCUT2D eigenvalue weighted by atomic mass is 16.2. The van der Waals surface area contributed by atoms with Crippen molar-refractivity contribution in [3.05, 3.63) is 18.7 Å². The molecule has 0 spiro atoms. The lowest BCUT2D eigenvalue weighted by atomic mass is 9.95. The summed E-state index contributed by atoms with van der Waals surface area (Å²) in [6.07, 6.45) is 7.94.